The summed E-state index contributed by atoms with van der Waals surface area (Å²) in [5.41, 5.74) is 0. The molecule has 1 aromatic heterocycles. The first-order valence-electron chi connectivity index (χ1n) is 6.29. The van der Waals surface area contributed by atoms with Gasteiger partial charge in [0.2, 0.25) is 5.91 Å². The van der Waals surface area contributed by atoms with Crippen LogP contribution in [-0.2, 0) is 17.9 Å². The van der Waals surface area contributed by atoms with E-state index in [4.69, 9.17) is 0 Å². The van der Waals surface area contributed by atoms with Crippen molar-refractivity contribution in [1.29, 1.82) is 0 Å². The molecule has 1 heterocycles. The first-order chi connectivity index (χ1) is 8.31. The number of amides is 1. The smallest absolute Gasteiger partial charge is 0.223 e. The van der Waals surface area contributed by atoms with Gasteiger partial charge in [0.1, 0.15) is 5.82 Å². The van der Waals surface area contributed by atoms with E-state index in [1.165, 1.54) is 0 Å². The van der Waals surface area contributed by atoms with Crippen LogP contribution in [0.15, 0.2) is 12.4 Å². The summed E-state index contributed by atoms with van der Waals surface area (Å²) in [5, 5.41) is 6.20. The Balaban J connectivity index is 1.58. The van der Waals surface area contributed by atoms with E-state index in [0.717, 1.165) is 38.3 Å². The minimum atomic E-state index is 0.210. The van der Waals surface area contributed by atoms with Crippen molar-refractivity contribution < 1.29 is 4.79 Å². The molecule has 5 heteroatoms. The van der Waals surface area contributed by atoms with Gasteiger partial charge in [-0.3, -0.25) is 4.79 Å². The van der Waals surface area contributed by atoms with E-state index in [9.17, 15) is 4.79 Å². The van der Waals surface area contributed by atoms with Crippen molar-refractivity contribution in [1.82, 2.24) is 20.2 Å². The van der Waals surface area contributed by atoms with E-state index in [2.05, 4.69) is 27.1 Å². The summed E-state index contributed by atoms with van der Waals surface area (Å²) in [7, 11) is 0. The van der Waals surface area contributed by atoms with Crippen LogP contribution in [0.5, 0.6) is 0 Å². The highest BCUT2D eigenvalue weighted by molar-refractivity contribution is 5.80. The summed E-state index contributed by atoms with van der Waals surface area (Å²) in [5.74, 6) is 1.55. The van der Waals surface area contributed by atoms with Crippen LogP contribution in [0.4, 0.5) is 0 Å². The Morgan fingerprint density at radius 3 is 3.06 bits per heavy atom. The molecular formula is C12H20N4O. The summed E-state index contributed by atoms with van der Waals surface area (Å²) < 4.78 is 2.11. The fourth-order valence-electron chi connectivity index (χ4n) is 1.76. The molecule has 0 bridgehead atoms. The lowest BCUT2D eigenvalue weighted by atomic mass is 10.4. The third-order valence-electron chi connectivity index (χ3n) is 2.97. The molecule has 0 unspecified atom stereocenters. The van der Waals surface area contributed by atoms with Gasteiger partial charge in [0.15, 0.2) is 0 Å². The van der Waals surface area contributed by atoms with Gasteiger partial charge >= 0.3 is 0 Å². The zero-order valence-electron chi connectivity index (χ0n) is 10.3. The first-order valence-corrected chi connectivity index (χ1v) is 6.29. The zero-order chi connectivity index (χ0) is 12.1. The molecule has 1 aliphatic rings. The maximum atomic E-state index is 11.3. The number of carbonyl (C=O) groups is 1. The standard InChI is InChI=1S/C12H20N4O/c1-2-16-8-7-14-11(16)9-13-5-6-15-12(17)10-3-4-10/h7-8,10,13H,2-6,9H2,1H3,(H,15,17). The lowest BCUT2D eigenvalue weighted by molar-refractivity contribution is -0.122. The molecule has 1 aromatic rings. The molecule has 1 aliphatic carbocycles. The molecule has 5 nitrogen and oxygen atoms in total. The molecule has 1 saturated carbocycles. The van der Waals surface area contributed by atoms with E-state index in [1.807, 2.05) is 12.4 Å². The second kappa shape index (κ2) is 5.82. The molecule has 1 fully saturated rings. The van der Waals surface area contributed by atoms with Crippen LogP contribution in [0.2, 0.25) is 0 Å². The number of nitrogens with one attached hydrogen (secondary N) is 2. The van der Waals surface area contributed by atoms with Crippen molar-refractivity contribution in [3.05, 3.63) is 18.2 Å². The molecular weight excluding hydrogens is 216 g/mol. The molecule has 17 heavy (non-hydrogen) atoms. The predicted molar refractivity (Wildman–Crippen MR) is 65.3 cm³/mol. The van der Waals surface area contributed by atoms with E-state index >= 15 is 0 Å². The Morgan fingerprint density at radius 2 is 2.35 bits per heavy atom. The molecule has 1 amide bonds. The number of nitrogens with zero attached hydrogens (tertiary/aromatic N) is 2. The van der Waals surface area contributed by atoms with Gasteiger partial charge in [-0.25, -0.2) is 4.98 Å². The largest absolute Gasteiger partial charge is 0.355 e. The van der Waals surface area contributed by atoms with Crippen LogP contribution in [0.25, 0.3) is 0 Å². The molecule has 0 aliphatic heterocycles. The molecule has 0 saturated heterocycles. The van der Waals surface area contributed by atoms with E-state index in [0.29, 0.717) is 12.5 Å². The second-order valence-electron chi connectivity index (χ2n) is 4.37. The van der Waals surface area contributed by atoms with Gasteiger partial charge in [0, 0.05) is 37.9 Å². The Bertz CT molecular complexity index is 370. The van der Waals surface area contributed by atoms with Gasteiger partial charge in [-0.1, -0.05) is 0 Å². The fraction of sp³-hybridized carbons (Fsp3) is 0.667. The number of hydrogen-bond donors (Lipinski definition) is 2. The molecule has 94 valence electrons. The number of rotatable bonds is 7. The quantitative estimate of drug-likeness (QED) is 0.679. The average Bonchev–Trinajstić information content (AvgIpc) is 3.09. The van der Waals surface area contributed by atoms with Gasteiger partial charge in [-0.05, 0) is 19.8 Å². The molecule has 0 atom stereocenters. The van der Waals surface area contributed by atoms with Gasteiger partial charge in [0.25, 0.3) is 0 Å². The summed E-state index contributed by atoms with van der Waals surface area (Å²) in [4.78, 5) is 15.6. The zero-order valence-corrected chi connectivity index (χ0v) is 10.3. The van der Waals surface area contributed by atoms with Crippen molar-refractivity contribution in [3.63, 3.8) is 0 Å². The Hall–Kier alpha value is -1.36. The minimum Gasteiger partial charge on any atom is -0.355 e. The Kier molecular flexibility index (Phi) is 4.14. The molecule has 0 spiro atoms. The van der Waals surface area contributed by atoms with Gasteiger partial charge in [0.05, 0.1) is 6.54 Å². The van der Waals surface area contributed by atoms with Crippen molar-refractivity contribution in [2.45, 2.75) is 32.9 Å². The van der Waals surface area contributed by atoms with E-state index in [-0.39, 0.29) is 5.91 Å². The number of carbonyl (C=O) groups excluding carboxylic acids is 1. The van der Waals surface area contributed by atoms with Crippen molar-refractivity contribution in [3.8, 4) is 0 Å². The first kappa shape index (κ1) is 12.1. The van der Waals surface area contributed by atoms with Crippen LogP contribution < -0.4 is 10.6 Å². The van der Waals surface area contributed by atoms with Gasteiger partial charge in [-0.2, -0.15) is 0 Å². The number of imidazole rings is 1. The number of aromatic nitrogens is 2. The predicted octanol–water partition coefficient (Wildman–Crippen LogP) is 0.519. The summed E-state index contributed by atoms with van der Waals surface area (Å²) in [6.07, 6.45) is 5.92. The van der Waals surface area contributed by atoms with Gasteiger partial charge in [-0.15, -0.1) is 0 Å². The topological polar surface area (TPSA) is 59.0 Å². The van der Waals surface area contributed by atoms with Crippen LogP contribution in [0.3, 0.4) is 0 Å². The summed E-state index contributed by atoms with van der Waals surface area (Å²) >= 11 is 0. The second-order valence-corrected chi connectivity index (χ2v) is 4.37. The summed E-state index contributed by atoms with van der Waals surface area (Å²) in [6, 6.07) is 0. The third-order valence-corrected chi connectivity index (χ3v) is 2.97. The summed E-state index contributed by atoms with van der Waals surface area (Å²) in [6.45, 7) is 5.27. The van der Waals surface area contributed by atoms with Crippen LogP contribution >= 0.6 is 0 Å². The minimum absolute atomic E-state index is 0.210. The molecule has 2 N–H and O–H groups in total. The van der Waals surface area contributed by atoms with Gasteiger partial charge < -0.3 is 15.2 Å². The molecule has 2 rings (SSSR count). The number of aryl methyl sites for hydroxylation is 1. The third kappa shape index (κ3) is 3.56. The molecule has 0 aromatic carbocycles. The van der Waals surface area contributed by atoms with Crippen LogP contribution in [-0.4, -0.2) is 28.5 Å². The highest BCUT2D eigenvalue weighted by Crippen LogP contribution is 2.28. The van der Waals surface area contributed by atoms with Crippen molar-refractivity contribution in [2.24, 2.45) is 5.92 Å². The Labute approximate surface area is 102 Å². The fourth-order valence-corrected chi connectivity index (χ4v) is 1.76. The molecule has 0 radical (unpaired) electrons. The van der Waals surface area contributed by atoms with E-state index in [1.54, 1.807) is 0 Å². The maximum Gasteiger partial charge on any atom is 0.223 e. The van der Waals surface area contributed by atoms with Crippen LogP contribution in [0.1, 0.15) is 25.6 Å². The van der Waals surface area contributed by atoms with Crippen molar-refractivity contribution in [2.75, 3.05) is 13.1 Å². The number of hydrogen-bond acceptors (Lipinski definition) is 3. The van der Waals surface area contributed by atoms with E-state index < -0.39 is 0 Å². The van der Waals surface area contributed by atoms with Crippen molar-refractivity contribution >= 4 is 5.91 Å². The lowest BCUT2D eigenvalue weighted by Crippen LogP contribution is -2.32. The maximum absolute atomic E-state index is 11.3. The van der Waals surface area contributed by atoms with Crippen LogP contribution in [0, 0.1) is 5.92 Å². The highest BCUT2D eigenvalue weighted by atomic mass is 16.2. The lowest BCUT2D eigenvalue weighted by Gasteiger charge is -2.07. The Morgan fingerprint density at radius 1 is 1.53 bits per heavy atom. The normalized spacial score (nSPS) is 14.9. The highest BCUT2D eigenvalue weighted by Gasteiger charge is 2.28. The average molecular weight is 236 g/mol. The monoisotopic (exact) mass is 236 g/mol. The SMILES string of the molecule is CCn1ccnc1CNCCNC(=O)C1CC1.